The van der Waals surface area contributed by atoms with Crippen molar-refractivity contribution in [1.29, 1.82) is 0 Å². The molecule has 2 heterocycles. The fraction of sp³-hybridized carbons (Fsp3) is 0.480. The van der Waals surface area contributed by atoms with Crippen LogP contribution in [0.25, 0.3) is 11.0 Å². The van der Waals surface area contributed by atoms with Gasteiger partial charge in [-0.05, 0) is 50.7 Å². The largest absolute Gasteiger partial charge is 0.365 e. The zero-order chi connectivity index (χ0) is 24.0. The SMILES string of the molecule is C=C/C(F)=C(\N=C(/C)c1c[nH]c2ncc(Cl)cc12)N[C@H]1CCC[C@@H](CCCN(C)C(C)=O)C1. The molecular weight excluding hydrogens is 441 g/mol. The number of rotatable bonds is 9. The molecule has 1 fully saturated rings. The summed E-state index contributed by atoms with van der Waals surface area (Å²) in [5.41, 5.74) is 2.19. The highest BCUT2D eigenvalue weighted by molar-refractivity contribution is 6.31. The van der Waals surface area contributed by atoms with Crippen LogP contribution in [0.1, 0.15) is 57.9 Å². The van der Waals surface area contributed by atoms with Gasteiger partial charge in [0.25, 0.3) is 0 Å². The number of nitrogens with one attached hydrogen (secondary N) is 2. The number of nitrogens with zero attached hydrogens (tertiary/aromatic N) is 3. The summed E-state index contributed by atoms with van der Waals surface area (Å²) in [7, 11) is 1.83. The van der Waals surface area contributed by atoms with E-state index < -0.39 is 5.83 Å². The topological polar surface area (TPSA) is 73.4 Å². The van der Waals surface area contributed by atoms with Crippen molar-refractivity contribution in [2.24, 2.45) is 10.9 Å². The van der Waals surface area contributed by atoms with Crippen LogP contribution in [0.2, 0.25) is 5.02 Å². The quantitative estimate of drug-likeness (QED) is 0.359. The van der Waals surface area contributed by atoms with Gasteiger partial charge in [0.2, 0.25) is 5.91 Å². The van der Waals surface area contributed by atoms with E-state index in [2.05, 4.69) is 26.9 Å². The molecule has 1 aliphatic carbocycles. The Morgan fingerprint density at radius 1 is 1.45 bits per heavy atom. The van der Waals surface area contributed by atoms with Crippen LogP contribution in [0, 0.1) is 5.92 Å². The summed E-state index contributed by atoms with van der Waals surface area (Å²) in [6, 6.07) is 1.97. The van der Waals surface area contributed by atoms with E-state index in [9.17, 15) is 9.18 Å². The van der Waals surface area contributed by atoms with E-state index in [0.29, 0.717) is 22.3 Å². The summed E-state index contributed by atoms with van der Waals surface area (Å²) < 4.78 is 14.7. The van der Waals surface area contributed by atoms with E-state index in [4.69, 9.17) is 11.6 Å². The maximum Gasteiger partial charge on any atom is 0.219 e. The number of hydrogen-bond donors (Lipinski definition) is 2. The van der Waals surface area contributed by atoms with Crippen LogP contribution in [-0.4, -0.2) is 46.1 Å². The first-order chi connectivity index (χ1) is 15.8. The third-order valence-electron chi connectivity index (χ3n) is 6.34. The predicted molar refractivity (Wildman–Crippen MR) is 133 cm³/mol. The lowest BCUT2D eigenvalue weighted by molar-refractivity contribution is -0.127. The van der Waals surface area contributed by atoms with Gasteiger partial charge in [0.1, 0.15) is 5.65 Å². The molecule has 0 saturated heterocycles. The van der Waals surface area contributed by atoms with Gasteiger partial charge in [-0.2, -0.15) is 0 Å². The van der Waals surface area contributed by atoms with Crippen molar-refractivity contribution >= 4 is 34.3 Å². The van der Waals surface area contributed by atoms with E-state index in [1.165, 1.54) is 6.08 Å². The Labute approximate surface area is 200 Å². The summed E-state index contributed by atoms with van der Waals surface area (Å²) in [6.45, 7) is 7.79. The minimum atomic E-state index is -0.476. The molecule has 1 aliphatic rings. The number of carbonyl (C=O) groups is 1. The van der Waals surface area contributed by atoms with Crippen LogP contribution in [0.4, 0.5) is 4.39 Å². The summed E-state index contributed by atoms with van der Waals surface area (Å²) in [5, 5.41) is 4.71. The van der Waals surface area contributed by atoms with E-state index in [0.717, 1.165) is 56.0 Å². The second kappa shape index (κ2) is 11.5. The molecule has 0 aliphatic heterocycles. The lowest BCUT2D eigenvalue weighted by atomic mass is 9.83. The van der Waals surface area contributed by atoms with Gasteiger partial charge < -0.3 is 15.2 Å². The Bertz CT molecular complexity index is 1060. The third kappa shape index (κ3) is 6.67. The Morgan fingerprint density at radius 3 is 2.97 bits per heavy atom. The molecule has 2 aromatic heterocycles. The Hall–Kier alpha value is -2.67. The molecule has 33 heavy (non-hydrogen) atoms. The van der Waals surface area contributed by atoms with E-state index in [-0.39, 0.29) is 17.8 Å². The molecule has 3 rings (SSSR count). The molecule has 6 nitrogen and oxygen atoms in total. The zero-order valence-electron chi connectivity index (χ0n) is 19.6. The number of aromatic amines is 1. The van der Waals surface area contributed by atoms with Crippen molar-refractivity contribution in [1.82, 2.24) is 20.2 Å². The van der Waals surface area contributed by atoms with Gasteiger partial charge >= 0.3 is 0 Å². The second-order valence-corrected chi connectivity index (χ2v) is 9.24. The molecule has 8 heteroatoms. The molecule has 2 aromatic rings. The molecule has 2 atom stereocenters. The van der Waals surface area contributed by atoms with Crippen molar-refractivity contribution in [3.05, 3.63) is 53.3 Å². The smallest absolute Gasteiger partial charge is 0.219 e. The minimum absolute atomic E-state index is 0.0920. The second-order valence-electron chi connectivity index (χ2n) is 8.81. The van der Waals surface area contributed by atoms with Crippen molar-refractivity contribution in [2.45, 2.75) is 58.4 Å². The summed E-state index contributed by atoms with van der Waals surface area (Å²) in [6.07, 6.45) is 10.8. The highest BCUT2D eigenvalue weighted by Crippen LogP contribution is 2.29. The normalized spacial score (nSPS) is 19.8. The highest BCUT2D eigenvalue weighted by atomic mass is 35.5. The lowest BCUT2D eigenvalue weighted by Gasteiger charge is -2.31. The highest BCUT2D eigenvalue weighted by Gasteiger charge is 2.23. The number of halogens is 2. The average Bonchev–Trinajstić information content (AvgIpc) is 3.21. The first-order valence-corrected chi connectivity index (χ1v) is 11.8. The number of amides is 1. The molecule has 0 unspecified atom stereocenters. The van der Waals surface area contributed by atoms with Crippen LogP contribution in [-0.2, 0) is 4.79 Å². The van der Waals surface area contributed by atoms with Gasteiger partial charge in [0.15, 0.2) is 11.6 Å². The van der Waals surface area contributed by atoms with Crippen LogP contribution in [0.3, 0.4) is 0 Å². The number of allylic oxidation sites excluding steroid dienone is 2. The molecule has 0 radical (unpaired) electrons. The standard InChI is InChI=1S/C25H33ClFN5O/c1-5-23(27)25(30-16(2)22-15-29-24-21(22)13-19(26)14-28-24)31-20-10-6-8-18(12-20)9-7-11-32(4)17(3)33/h5,13-15,18,20,31H,1,6-12H2,2-4H3,(H,28,29)/b25-23-,30-16+/t18-,20-/m0/s1. The number of pyridine rings is 1. The lowest BCUT2D eigenvalue weighted by Crippen LogP contribution is -2.34. The molecule has 178 valence electrons. The molecule has 1 saturated carbocycles. The average molecular weight is 474 g/mol. The van der Waals surface area contributed by atoms with E-state index in [1.807, 2.05) is 26.2 Å². The van der Waals surface area contributed by atoms with Gasteiger partial charge in [-0.25, -0.2) is 14.4 Å². The summed E-state index contributed by atoms with van der Waals surface area (Å²) >= 11 is 6.11. The van der Waals surface area contributed by atoms with Crippen molar-refractivity contribution in [2.75, 3.05) is 13.6 Å². The van der Waals surface area contributed by atoms with Crippen LogP contribution in [0.15, 0.2) is 47.8 Å². The maximum atomic E-state index is 14.7. The van der Waals surface area contributed by atoms with E-state index in [1.54, 1.807) is 18.0 Å². The van der Waals surface area contributed by atoms with Crippen molar-refractivity contribution < 1.29 is 9.18 Å². The minimum Gasteiger partial charge on any atom is -0.365 e. The van der Waals surface area contributed by atoms with Gasteiger partial charge in [-0.1, -0.05) is 31.0 Å². The monoisotopic (exact) mass is 473 g/mol. The molecular formula is C25H33ClFN5O. The zero-order valence-corrected chi connectivity index (χ0v) is 20.4. The van der Waals surface area contributed by atoms with Gasteiger partial charge in [0, 0.05) is 55.6 Å². The van der Waals surface area contributed by atoms with Gasteiger partial charge in [-0.15, -0.1) is 0 Å². The van der Waals surface area contributed by atoms with Gasteiger partial charge in [0.05, 0.1) is 5.02 Å². The number of hydrogen-bond acceptors (Lipinski definition) is 4. The predicted octanol–water partition coefficient (Wildman–Crippen LogP) is 5.76. The van der Waals surface area contributed by atoms with Gasteiger partial charge in [-0.3, -0.25) is 4.79 Å². The first-order valence-electron chi connectivity index (χ1n) is 11.5. The summed E-state index contributed by atoms with van der Waals surface area (Å²) in [5.74, 6) is 0.371. The Kier molecular flexibility index (Phi) is 8.67. The van der Waals surface area contributed by atoms with Crippen molar-refractivity contribution in [3.63, 3.8) is 0 Å². The number of aliphatic imine (C=N–C) groups is 1. The van der Waals surface area contributed by atoms with Crippen molar-refractivity contribution in [3.8, 4) is 0 Å². The summed E-state index contributed by atoms with van der Waals surface area (Å²) in [4.78, 5) is 25.1. The first kappa shape index (κ1) is 25.0. The maximum absolute atomic E-state index is 14.7. The number of carbonyl (C=O) groups excluding carboxylic acids is 1. The molecule has 0 aromatic carbocycles. The Morgan fingerprint density at radius 2 is 2.24 bits per heavy atom. The van der Waals surface area contributed by atoms with E-state index >= 15 is 0 Å². The van der Waals surface area contributed by atoms with Crippen LogP contribution >= 0.6 is 11.6 Å². The molecule has 2 N–H and O–H groups in total. The molecule has 0 spiro atoms. The van der Waals surface area contributed by atoms with Crippen LogP contribution in [0.5, 0.6) is 0 Å². The fourth-order valence-corrected chi connectivity index (χ4v) is 4.57. The number of H-pyrrole nitrogens is 1. The number of aromatic nitrogens is 2. The molecule has 0 bridgehead atoms. The molecule has 1 amide bonds. The third-order valence-corrected chi connectivity index (χ3v) is 6.55. The number of fused-ring (bicyclic) bond motifs is 1. The Balaban J connectivity index is 1.70. The van der Waals surface area contributed by atoms with Crippen LogP contribution < -0.4 is 5.32 Å². The fourth-order valence-electron chi connectivity index (χ4n) is 4.41.